The average Bonchev–Trinajstić information content (AvgIpc) is 2.85. The Hall–Kier alpha value is -1.46. The minimum atomic E-state index is 0.0667. The van der Waals surface area contributed by atoms with Crippen molar-refractivity contribution in [1.29, 1.82) is 0 Å². The van der Waals surface area contributed by atoms with Gasteiger partial charge in [0.1, 0.15) is 12.4 Å². The smallest absolute Gasteiger partial charge is 0.141 e. The number of thiazole rings is 1. The van der Waals surface area contributed by atoms with Crippen molar-refractivity contribution in [2.24, 2.45) is 5.73 Å². The molecule has 1 atom stereocenters. The summed E-state index contributed by atoms with van der Waals surface area (Å²) >= 11 is 1.70. The number of rotatable bonds is 7. The van der Waals surface area contributed by atoms with Gasteiger partial charge in [-0.3, -0.25) is 4.98 Å². The van der Waals surface area contributed by atoms with E-state index in [1.165, 1.54) is 5.01 Å². The lowest BCUT2D eigenvalue weighted by Crippen LogP contribution is -2.19. The number of hydrogen-bond donors (Lipinski definition) is 1. The van der Waals surface area contributed by atoms with Gasteiger partial charge in [-0.15, -0.1) is 11.3 Å². The van der Waals surface area contributed by atoms with Crippen molar-refractivity contribution in [3.05, 3.63) is 39.6 Å². The van der Waals surface area contributed by atoms with Gasteiger partial charge < -0.3 is 10.5 Å². The topological polar surface area (TPSA) is 61.0 Å². The van der Waals surface area contributed by atoms with Crippen LogP contribution in [0.15, 0.2) is 17.5 Å². The van der Waals surface area contributed by atoms with E-state index in [0.29, 0.717) is 6.61 Å². The molecule has 4 nitrogen and oxygen atoms in total. The van der Waals surface area contributed by atoms with Gasteiger partial charge in [-0.1, -0.05) is 6.92 Å². The number of hydrogen-bond acceptors (Lipinski definition) is 5. The molecule has 0 amide bonds. The van der Waals surface area contributed by atoms with Crippen LogP contribution < -0.4 is 10.5 Å². The van der Waals surface area contributed by atoms with E-state index in [-0.39, 0.29) is 6.04 Å². The molecule has 0 aliphatic heterocycles. The molecule has 114 valence electrons. The van der Waals surface area contributed by atoms with E-state index in [1.54, 1.807) is 11.3 Å². The quantitative estimate of drug-likeness (QED) is 0.853. The Morgan fingerprint density at radius 1 is 1.33 bits per heavy atom. The van der Waals surface area contributed by atoms with Crippen molar-refractivity contribution in [3.8, 4) is 5.75 Å². The van der Waals surface area contributed by atoms with Crippen LogP contribution in [0.3, 0.4) is 0 Å². The summed E-state index contributed by atoms with van der Waals surface area (Å²) in [5, 5.41) is 3.24. The third-order valence-electron chi connectivity index (χ3n) is 3.03. The fourth-order valence-corrected chi connectivity index (χ4v) is 2.96. The van der Waals surface area contributed by atoms with Crippen LogP contribution in [0.2, 0.25) is 0 Å². The van der Waals surface area contributed by atoms with Crippen LogP contribution in [0.5, 0.6) is 5.75 Å². The molecule has 5 heteroatoms. The molecule has 0 bridgehead atoms. The van der Waals surface area contributed by atoms with Crippen LogP contribution >= 0.6 is 11.3 Å². The SMILES string of the molecule is CCCc1nc(COc2ccc(C)nc2CC(C)N)cs1. The van der Waals surface area contributed by atoms with Gasteiger partial charge in [-0.2, -0.15) is 0 Å². The highest BCUT2D eigenvalue weighted by Gasteiger charge is 2.10. The van der Waals surface area contributed by atoms with E-state index >= 15 is 0 Å². The summed E-state index contributed by atoms with van der Waals surface area (Å²) in [6.45, 7) is 6.60. The maximum absolute atomic E-state index is 5.90. The van der Waals surface area contributed by atoms with Crippen molar-refractivity contribution < 1.29 is 4.74 Å². The molecule has 0 spiro atoms. The Bertz CT molecular complexity index is 581. The number of aromatic nitrogens is 2. The van der Waals surface area contributed by atoms with Crippen LogP contribution in [-0.4, -0.2) is 16.0 Å². The molecule has 0 saturated carbocycles. The van der Waals surface area contributed by atoms with Crippen LogP contribution in [0, 0.1) is 6.92 Å². The molecule has 2 aromatic heterocycles. The van der Waals surface area contributed by atoms with Crippen molar-refractivity contribution >= 4 is 11.3 Å². The second-order valence-corrected chi connectivity index (χ2v) is 6.29. The fourth-order valence-electron chi connectivity index (χ4n) is 2.08. The zero-order valence-corrected chi connectivity index (χ0v) is 13.7. The molecule has 0 saturated heterocycles. The van der Waals surface area contributed by atoms with Crippen molar-refractivity contribution in [2.45, 2.75) is 52.7 Å². The molecular weight excluding hydrogens is 282 g/mol. The zero-order valence-electron chi connectivity index (χ0n) is 12.9. The summed E-state index contributed by atoms with van der Waals surface area (Å²) in [4.78, 5) is 9.11. The number of pyridine rings is 1. The first-order valence-corrected chi connectivity index (χ1v) is 8.24. The maximum Gasteiger partial charge on any atom is 0.141 e. The highest BCUT2D eigenvalue weighted by molar-refractivity contribution is 7.09. The van der Waals surface area contributed by atoms with Crippen LogP contribution in [-0.2, 0) is 19.4 Å². The average molecular weight is 305 g/mol. The number of nitrogens with zero attached hydrogens (tertiary/aromatic N) is 2. The monoisotopic (exact) mass is 305 g/mol. The lowest BCUT2D eigenvalue weighted by molar-refractivity contribution is 0.296. The Morgan fingerprint density at radius 3 is 2.86 bits per heavy atom. The van der Waals surface area contributed by atoms with Gasteiger partial charge in [0, 0.05) is 23.5 Å². The standard InChI is InChI=1S/C16H23N3OS/c1-4-5-16-19-13(10-21-16)9-20-15-7-6-12(3)18-14(15)8-11(2)17/h6-7,10-11H,4-5,8-9,17H2,1-3H3. The molecular formula is C16H23N3OS. The Kier molecular flexibility index (Phi) is 5.70. The first kappa shape index (κ1) is 15.9. The summed E-state index contributed by atoms with van der Waals surface area (Å²) in [6, 6.07) is 4.00. The van der Waals surface area contributed by atoms with E-state index in [2.05, 4.69) is 22.3 Å². The van der Waals surface area contributed by atoms with Gasteiger partial charge in [-0.05, 0) is 38.8 Å². The highest BCUT2D eigenvalue weighted by Crippen LogP contribution is 2.20. The van der Waals surface area contributed by atoms with Gasteiger partial charge in [0.2, 0.25) is 0 Å². The van der Waals surface area contributed by atoms with E-state index < -0.39 is 0 Å². The third-order valence-corrected chi connectivity index (χ3v) is 3.98. The number of aryl methyl sites for hydroxylation is 2. The zero-order chi connectivity index (χ0) is 15.2. The Balaban J connectivity index is 2.04. The van der Waals surface area contributed by atoms with E-state index in [1.807, 2.05) is 26.0 Å². The fraction of sp³-hybridized carbons (Fsp3) is 0.500. The first-order chi connectivity index (χ1) is 10.1. The summed E-state index contributed by atoms with van der Waals surface area (Å²) in [5.74, 6) is 0.808. The van der Waals surface area contributed by atoms with E-state index in [9.17, 15) is 0 Å². The number of nitrogens with two attached hydrogens (primary N) is 1. The van der Waals surface area contributed by atoms with Crippen molar-refractivity contribution in [1.82, 2.24) is 9.97 Å². The first-order valence-electron chi connectivity index (χ1n) is 7.36. The molecule has 0 aliphatic carbocycles. The minimum Gasteiger partial charge on any atom is -0.485 e. The molecule has 0 fully saturated rings. The highest BCUT2D eigenvalue weighted by atomic mass is 32.1. The second kappa shape index (κ2) is 7.52. The lowest BCUT2D eigenvalue weighted by atomic mass is 10.1. The van der Waals surface area contributed by atoms with E-state index in [0.717, 1.165) is 42.1 Å². The maximum atomic E-state index is 5.90. The number of ether oxygens (including phenoxy) is 1. The predicted molar refractivity (Wildman–Crippen MR) is 86.8 cm³/mol. The van der Waals surface area contributed by atoms with Crippen molar-refractivity contribution in [2.75, 3.05) is 0 Å². The minimum absolute atomic E-state index is 0.0667. The molecule has 0 aliphatic rings. The van der Waals surface area contributed by atoms with E-state index in [4.69, 9.17) is 10.5 Å². The van der Waals surface area contributed by atoms with Gasteiger partial charge in [0.15, 0.2) is 0 Å². The molecule has 2 aromatic rings. The van der Waals surface area contributed by atoms with Gasteiger partial charge in [0.25, 0.3) is 0 Å². The lowest BCUT2D eigenvalue weighted by Gasteiger charge is -2.12. The second-order valence-electron chi connectivity index (χ2n) is 5.35. The van der Waals surface area contributed by atoms with Crippen molar-refractivity contribution in [3.63, 3.8) is 0 Å². The normalized spacial score (nSPS) is 12.4. The van der Waals surface area contributed by atoms with Crippen LogP contribution in [0.25, 0.3) is 0 Å². The molecule has 1 unspecified atom stereocenters. The molecule has 2 rings (SSSR count). The molecule has 2 heterocycles. The molecule has 21 heavy (non-hydrogen) atoms. The molecule has 0 aromatic carbocycles. The third kappa shape index (κ3) is 4.79. The Labute approximate surface area is 130 Å². The van der Waals surface area contributed by atoms with Gasteiger partial charge >= 0.3 is 0 Å². The summed E-state index contributed by atoms with van der Waals surface area (Å²) in [7, 11) is 0. The molecule has 0 radical (unpaired) electrons. The Morgan fingerprint density at radius 2 is 2.14 bits per heavy atom. The predicted octanol–water partition coefficient (Wildman–Crippen LogP) is 3.27. The molecule has 2 N–H and O–H groups in total. The summed E-state index contributed by atoms with van der Waals surface area (Å²) in [5.41, 5.74) is 8.77. The largest absolute Gasteiger partial charge is 0.485 e. The van der Waals surface area contributed by atoms with Crippen LogP contribution in [0.1, 0.15) is 42.4 Å². The van der Waals surface area contributed by atoms with Gasteiger partial charge in [0.05, 0.1) is 16.4 Å². The summed E-state index contributed by atoms with van der Waals surface area (Å²) < 4.78 is 5.90. The summed E-state index contributed by atoms with van der Waals surface area (Å²) in [6.07, 6.45) is 2.87. The van der Waals surface area contributed by atoms with Gasteiger partial charge in [-0.25, -0.2) is 4.98 Å². The van der Waals surface area contributed by atoms with Crippen LogP contribution in [0.4, 0.5) is 0 Å².